The van der Waals surface area contributed by atoms with Gasteiger partial charge in [0.15, 0.2) is 23.3 Å². The van der Waals surface area contributed by atoms with Crippen molar-refractivity contribution in [1.82, 2.24) is 0 Å². The molecule has 0 aliphatic rings. The Bertz CT molecular complexity index is 330. The van der Waals surface area contributed by atoms with Gasteiger partial charge in [0.05, 0.1) is 18.1 Å². The second-order valence-corrected chi connectivity index (χ2v) is 3.51. The molecule has 0 bridgehead atoms. The van der Waals surface area contributed by atoms with Gasteiger partial charge >= 0.3 is 0 Å². The van der Waals surface area contributed by atoms with Crippen LogP contribution < -0.4 is 0 Å². The molecule has 0 amide bonds. The SMILES string of the molecule is CSCOCc1c(F)c(F)cc(F)c1F. The van der Waals surface area contributed by atoms with E-state index in [2.05, 4.69) is 0 Å². The van der Waals surface area contributed by atoms with E-state index in [0.29, 0.717) is 0 Å². The van der Waals surface area contributed by atoms with Crippen LogP contribution in [0, 0.1) is 23.3 Å². The Kier molecular flexibility index (Phi) is 4.41. The minimum atomic E-state index is -1.42. The van der Waals surface area contributed by atoms with Gasteiger partial charge in [-0.1, -0.05) is 0 Å². The van der Waals surface area contributed by atoms with Crippen molar-refractivity contribution in [3.05, 3.63) is 34.9 Å². The third-order valence-corrected chi connectivity index (χ3v) is 2.05. The van der Waals surface area contributed by atoms with Gasteiger partial charge in [-0.25, -0.2) is 17.6 Å². The molecule has 0 spiro atoms. The van der Waals surface area contributed by atoms with Crippen LogP contribution in [0.3, 0.4) is 0 Å². The van der Waals surface area contributed by atoms with Crippen LogP contribution >= 0.6 is 11.8 Å². The zero-order valence-corrected chi connectivity index (χ0v) is 8.64. The lowest BCUT2D eigenvalue weighted by molar-refractivity contribution is 0.160. The molecule has 0 aliphatic heterocycles. The van der Waals surface area contributed by atoms with Gasteiger partial charge in [-0.15, -0.1) is 11.8 Å². The van der Waals surface area contributed by atoms with Gasteiger partial charge in [0.1, 0.15) is 0 Å². The van der Waals surface area contributed by atoms with Gasteiger partial charge in [-0.3, -0.25) is 0 Å². The van der Waals surface area contributed by atoms with Crippen LogP contribution in [0.1, 0.15) is 5.56 Å². The molecule has 0 saturated heterocycles. The molecule has 0 aromatic heterocycles. The minimum absolute atomic E-state index is 0.169. The predicted octanol–water partition coefficient (Wildman–Crippen LogP) is 3.08. The highest BCUT2D eigenvalue weighted by molar-refractivity contribution is 7.98. The lowest BCUT2D eigenvalue weighted by Gasteiger charge is -2.06. The fourth-order valence-corrected chi connectivity index (χ4v) is 1.23. The highest BCUT2D eigenvalue weighted by Gasteiger charge is 2.18. The normalized spacial score (nSPS) is 10.7. The first-order chi connectivity index (χ1) is 7.07. The van der Waals surface area contributed by atoms with Gasteiger partial charge in [0.25, 0.3) is 0 Å². The van der Waals surface area contributed by atoms with Gasteiger partial charge in [-0.2, -0.15) is 0 Å². The Morgan fingerprint density at radius 3 is 2.13 bits per heavy atom. The van der Waals surface area contributed by atoms with Crippen LogP contribution in [0.25, 0.3) is 0 Å². The van der Waals surface area contributed by atoms with E-state index in [-0.39, 0.29) is 12.0 Å². The number of ether oxygens (including phenoxy) is 1. The highest BCUT2D eigenvalue weighted by atomic mass is 32.2. The smallest absolute Gasteiger partial charge is 0.167 e. The van der Waals surface area contributed by atoms with Crippen molar-refractivity contribution in [2.45, 2.75) is 6.61 Å². The molecule has 0 fully saturated rings. The van der Waals surface area contributed by atoms with Crippen LogP contribution in [0.2, 0.25) is 0 Å². The summed E-state index contributed by atoms with van der Waals surface area (Å²) in [5, 5.41) is 0. The number of rotatable bonds is 4. The second-order valence-electron chi connectivity index (χ2n) is 2.70. The van der Waals surface area contributed by atoms with E-state index < -0.39 is 35.4 Å². The second kappa shape index (κ2) is 5.37. The molecule has 0 atom stereocenters. The van der Waals surface area contributed by atoms with E-state index in [1.54, 1.807) is 6.26 Å². The van der Waals surface area contributed by atoms with Crippen molar-refractivity contribution < 1.29 is 22.3 Å². The lowest BCUT2D eigenvalue weighted by Crippen LogP contribution is -2.04. The summed E-state index contributed by atoms with van der Waals surface area (Å²) in [6, 6.07) is 0.169. The molecule has 0 saturated carbocycles. The van der Waals surface area contributed by atoms with Crippen LogP contribution in [0.15, 0.2) is 6.07 Å². The van der Waals surface area contributed by atoms with Gasteiger partial charge in [0.2, 0.25) is 0 Å². The molecule has 6 heteroatoms. The molecule has 1 aromatic rings. The zero-order chi connectivity index (χ0) is 11.4. The summed E-state index contributed by atoms with van der Waals surface area (Å²) >= 11 is 1.29. The van der Waals surface area contributed by atoms with Crippen LogP contribution in [0.5, 0.6) is 0 Å². The first-order valence-corrected chi connectivity index (χ1v) is 5.35. The molecule has 0 heterocycles. The standard InChI is InChI=1S/C9H8F4OS/c1-15-4-14-3-5-8(12)6(10)2-7(11)9(5)13/h2H,3-4H2,1H3. The monoisotopic (exact) mass is 240 g/mol. The number of benzene rings is 1. The first-order valence-electron chi connectivity index (χ1n) is 3.96. The Balaban J connectivity index is 2.94. The third kappa shape index (κ3) is 2.85. The van der Waals surface area contributed by atoms with Crippen LogP contribution in [-0.4, -0.2) is 12.2 Å². The molecule has 1 rings (SSSR count). The first kappa shape index (κ1) is 12.3. The van der Waals surface area contributed by atoms with Crippen LogP contribution in [-0.2, 0) is 11.3 Å². The van der Waals surface area contributed by atoms with Crippen molar-refractivity contribution in [3.63, 3.8) is 0 Å². The predicted molar refractivity (Wildman–Crippen MR) is 49.4 cm³/mol. The topological polar surface area (TPSA) is 9.23 Å². The largest absolute Gasteiger partial charge is 0.366 e. The number of hydrogen-bond acceptors (Lipinski definition) is 2. The average Bonchev–Trinajstić information content (AvgIpc) is 2.20. The van der Waals surface area contributed by atoms with Crippen molar-refractivity contribution in [2.75, 3.05) is 12.2 Å². The molecular formula is C9H8F4OS. The van der Waals surface area contributed by atoms with E-state index in [1.165, 1.54) is 11.8 Å². The maximum Gasteiger partial charge on any atom is 0.167 e. The maximum atomic E-state index is 13.0. The van der Waals surface area contributed by atoms with Gasteiger partial charge in [-0.05, 0) is 6.26 Å². The number of thioether (sulfide) groups is 1. The molecule has 0 unspecified atom stereocenters. The molecule has 15 heavy (non-hydrogen) atoms. The number of hydrogen-bond donors (Lipinski definition) is 0. The van der Waals surface area contributed by atoms with Crippen molar-refractivity contribution >= 4 is 11.8 Å². The Hall–Kier alpha value is -0.750. The van der Waals surface area contributed by atoms with E-state index >= 15 is 0 Å². The molecule has 1 nitrogen and oxygen atoms in total. The fraction of sp³-hybridized carbons (Fsp3) is 0.333. The van der Waals surface area contributed by atoms with Crippen molar-refractivity contribution in [1.29, 1.82) is 0 Å². The van der Waals surface area contributed by atoms with Crippen molar-refractivity contribution in [3.8, 4) is 0 Å². The summed E-state index contributed by atoms with van der Waals surface area (Å²) in [7, 11) is 0. The van der Waals surface area contributed by atoms with Gasteiger partial charge < -0.3 is 4.74 Å². The summed E-state index contributed by atoms with van der Waals surface area (Å²) in [5.41, 5.74) is -0.721. The Labute approximate surface area is 88.4 Å². The summed E-state index contributed by atoms with van der Waals surface area (Å²) in [6.07, 6.45) is 1.72. The van der Waals surface area contributed by atoms with E-state index in [1.807, 2.05) is 0 Å². The number of halogens is 4. The van der Waals surface area contributed by atoms with Crippen molar-refractivity contribution in [2.24, 2.45) is 0 Å². The van der Waals surface area contributed by atoms with E-state index in [0.717, 1.165) is 0 Å². The Morgan fingerprint density at radius 1 is 1.13 bits per heavy atom. The van der Waals surface area contributed by atoms with Crippen LogP contribution in [0.4, 0.5) is 17.6 Å². The van der Waals surface area contributed by atoms with E-state index in [4.69, 9.17) is 4.74 Å². The summed E-state index contributed by atoms with van der Waals surface area (Å²) in [6.45, 7) is -0.493. The lowest BCUT2D eigenvalue weighted by atomic mass is 10.2. The van der Waals surface area contributed by atoms with Gasteiger partial charge in [0, 0.05) is 6.07 Å². The Morgan fingerprint density at radius 2 is 1.67 bits per heavy atom. The quantitative estimate of drug-likeness (QED) is 0.346. The third-order valence-electron chi connectivity index (χ3n) is 1.65. The molecule has 1 aromatic carbocycles. The molecule has 0 radical (unpaired) electrons. The van der Waals surface area contributed by atoms with E-state index in [9.17, 15) is 17.6 Å². The highest BCUT2D eigenvalue weighted by Crippen LogP contribution is 2.20. The minimum Gasteiger partial charge on any atom is -0.366 e. The molecule has 0 N–H and O–H groups in total. The summed E-state index contributed by atoms with van der Waals surface area (Å²) in [4.78, 5) is 0. The fourth-order valence-electron chi connectivity index (χ4n) is 0.976. The molecule has 84 valence electrons. The average molecular weight is 240 g/mol. The molecular weight excluding hydrogens is 232 g/mol. The maximum absolute atomic E-state index is 13.0. The summed E-state index contributed by atoms with van der Waals surface area (Å²) < 4.78 is 56.2. The summed E-state index contributed by atoms with van der Waals surface area (Å²) in [5.74, 6) is -5.46. The zero-order valence-electron chi connectivity index (χ0n) is 7.82. The molecule has 0 aliphatic carbocycles.